The average molecular weight is 546 g/mol. The van der Waals surface area contributed by atoms with Gasteiger partial charge < -0.3 is 15.0 Å². The number of amides is 2. The van der Waals surface area contributed by atoms with Gasteiger partial charge in [-0.25, -0.2) is 4.79 Å². The zero-order valence-electron chi connectivity index (χ0n) is 25.0. The van der Waals surface area contributed by atoms with Crippen molar-refractivity contribution in [3.05, 3.63) is 47.5 Å². The molecule has 3 unspecified atom stereocenters. The molecule has 2 amide bonds. The number of carbonyl (C=O) groups is 3. The molecule has 1 aliphatic heterocycles. The molecule has 1 N–H and O–H groups in total. The molecule has 8 heteroatoms. The highest BCUT2D eigenvalue weighted by atomic mass is 32.2. The summed E-state index contributed by atoms with van der Waals surface area (Å²) in [6, 6.07) is 8.67. The quantitative estimate of drug-likeness (QED) is 0.346. The molecule has 1 heterocycles. The lowest BCUT2D eigenvalue weighted by molar-refractivity contribution is -0.141. The van der Waals surface area contributed by atoms with Gasteiger partial charge in [0.05, 0.1) is 18.0 Å². The molecule has 0 aromatic heterocycles. The van der Waals surface area contributed by atoms with Crippen LogP contribution in [-0.2, 0) is 19.1 Å². The van der Waals surface area contributed by atoms with Crippen LogP contribution in [0.25, 0.3) is 0 Å². The minimum absolute atomic E-state index is 0.0368. The Balaban J connectivity index is 2.33. The summed E-state index contributed by atoms with van der Waals surface area (Å²) < 4.78 is 4.77. The number of esters is 1. The van der Waals surface area contributed by atoms with E-state index < -0.39 is 23.5 Å². The zero-order chi connectivity index (χ0) is 29.0. The molecule has 0 bridgehead atoms. The maximum absolute atomic E-state index is 13.9. The molecule has 7 nitrogen and oxygen atoms in total. The predicted molar refractivity (Wildman–Crippen MR) is 156 cm³/mol. The van der Waals surface area contributed by atoms with Gasteiger partial charge in [0.2, 0.25) is 11.8 Å². The Morgan fingerprint density at radius 2 is 1.76 bits per heavy atom. The van der Waals surface area contributed by atoms with E-state index in [-0.39, 0.29) is 33.9 Å². The largest absolute Gasteiger partial charge is 0.463 e. The summed E-state index contributed by atoms with van der Waals surface area (Å²) in [5.41, 5.74) is 1.07. The fourth-order valence-electron chi connectivity index (χ4n) is 5.02. The monoisotopic (exact) mass is 545 g/mol. The third-order valence-electron chi connectivity index (χ3n) is 7.08. The minimum atomic E-state index is -0.748. The molecular weight excluding hydrogens is 498 g/mol. The summed E-state index contributed by atoms with van der Waals surface area (Å²) in [5, 5.41) is 3.17. The van der Waals surface area contributed by atoms with Crippen LogP contribution < -0.4 is 5.32 Å². The average Bonchev–Trinajstić information content (AvgIpc) is 3.07. The highest BCUT2D eigenvalue weighted by Crippen LogP contribution is 2.51. The number of nitrogens with one attached hydrogen (secondary N) is 1. The summed E-state index contributed by atoms with van der Waals surface area (Å²) in [6.45, 7) is 17.8. The second-order valence-electron chi connectivity index (χ2n) is 12.1. The van der Waals surface area contributed by atoms with E-state index in [0.29, 0.717) is 12.2 Å². The number of benzene rings is 1. The van der Waals surface area contributed by atoms with Gasteiger partial charge in [0.25, 0.3) is 0 Å². The molecule has 0 saturated carbocycles. The maximum atomic E-state index is 13.9. The van der Waals surface area contributed by atoms with Crippen LogP contribution in [0.2, 0.25) is 0 Å². The van der Waals surface area contributed by atoms with Crippen molar-refractivity contribution in [2.75, 3.05) is 20.7 Å². The predicted octanol–water partition coefficient (Wildman–Crippen LogP) is 5.03. The SMILES string of the molecule is CCOC(=O)/C(C)=C/C(C(C)C)N(C)C(=O)C(NC(=O)C1N(C)[C@H](c2ccccc2)SC1(C)C)C(C)(C)C. The fraction of sp³-hybridized carbons (Fsp3) is 0.633. The van der Waals surface area contributed by atoms with E-state index in [1.807, 2.05) is 59.9 Å². The molecule has 1 aliphatic rings. The molecule has 212 valence electrons. The molecule has 0 spiro atoms. The van der Waals surface area contributed by atoms with E-state index in [2.05, 4.69) is 36.2 Å². The molecular formula is C30H47N3O4S. The summed E-state index contributed by atoms with van der Waals surface area (Å²) in [7, 11) is 3.71. The van der Waals surface area contributed by atoms with Crippen molar-refractivity contribution in [2.24, 2.45) is 11.3 Å². The number of nitrogens with zero attached hydrogens (tertiary/aromatic N) is 2. The standard InChI is InChI=1S/C30H47N3O4S/c1-12-37-28(36)20(4)18-22(19(2)3)32(10)26(35)23(29(5,6)7)31-25(34)24-30(8,9)38-27(33(24)11)21-16-14-13-15-17-21/h13-19,22-24,27H,12H2,1-11H3,(H,31,34)/b20-18+/t22?,23?,24?,27-/m0/s1. The third-order valence-corrected chi connectivity index (χ3v) is 8.74. The van der Waals surface area contributed by atoms with E-state index in [4.69, 9.17) is 4.74 Å². The van der Waals surface area contributed by atoms with Gasteiger partial charge in [-0.3, -0.25) is 14.5 Å². The first kappa shape index (κ1) is 31.9. The van der Waals surface area contributed by atoms with Crippen LogP contribution in [0.5, 0.6) is 0 Å². The molecule has 1 aromatic carbocycles. The maximum Gasteiger partial charge on any atom is 0.333 e. The van der Waals surface area contributed by atoms with Gasteiger partial charge in [-0.2, -0.15) is 0 Å². The van der Waals surface area contributed by atoms with Gasteiger partial charge >= 0.3 is 5.97 Å². The topological polar surface area (TPSA) is 79.0 Å². The Bertz CT molecular complexity index is 1020. The van der Waals surface area contributed by atoms with Crippen LogP contribution in [0.1, 0.15) is 73.3 Å². The lowest BCUT2D eigenvalue weighted by Gasteiger charge is -2.39. The molecule has 38 heavy (non-hydrogen) atoms. The van der Waals surface area contributed by atoms with Crippen LogP contribution >= 0.6 is 11.8 Å². The van der Waals surface area contributed by atoms with Crippen molar-refractivity contribution >= 4 is 29.5 Å². The normalized spacial score (nSPS) is 21.6. The Kier molecular flexibility index (Phi) is 10.7. The smallest absolute Gasteiger partial charge is 0.333 e. The highest BCUT2D eigenvalue weighted by molar-refractivity contribution is 8.01. The van der Waals surface area contributed by atoms with Crippen molar-refractivity contribution in [3.63, 3.8) is 0 Å². The minimum Gasteiger partial charge on any atom is -0.463 e. The van der Waals surface area contributed by atoms with E-state index in [1.54, 1.807) is 43.6 Å². The van der Waals surface area contributed by atoms with Gasteiger partial charge in [0.1, 0.15) is 12.1 Å². The Labute approximate surface area is 233 Å². The van der Waals surface area contributed by atoms with Crippen molar-refractivity contribution in [2.45, 2.75) is 90.6 Å². The van der Waals surface area contributed by atoms with Crippen LogP contribution in [0, 0.1) is 11.3 Å². The van der Waals surface area contributed by atoms with Gasteiger partial charge in [-0.15, -0.1) is 11.8 Å². The Morgan fingerprint density at radius 1 is 1.18 bits per heavy atom. The van der Waals surface area contributed by atoms with Crippen molar-refractivity contribution in [3.8, 4) is 0 Å². The molecule has 1 saturated heterocycles. The number of rotatable bonds is 9. The van der Waals surface area contributed by atoms with Crippen LogP contribution in [-0.4, -0.2) is 71.2 Å². The van der Waals surface area contributed by atoms with Crippen molar-refractivity contribution < 1.29 is 19.1 Å². The Hall–Kier alpha value is -2.32. The first-order valence-electron chi connectivity index (χ1n) is 13.4. The molecule has 1 fully saturated rings. The Morgan fingerprint density at radius 3 is 2.26 bits per heavy atom. The number of carbonyl (C=O) groups excluding carboxylic acids is 3. The van der Waals surface area contributed by atoms with Crippen LogP contribution in [0.15, 0.2) is 42.0 Å². The number of ether oxygens (including phenoxy) is 1. The number of hydrogen-bond acceptors (Lipinski definition) is 6. The van der Waals surface area contributed by atoms with E-state index in [0.717, 1.165) is 5.56 Å². The molecule has 0 radical (unpaired) electrons. The van der Waals surface area contributed by atoms with Crippen LogP contribution in [0.3, 0.4) is 0 Å². The van der Waals surface area contributed by atoms with E-state index >= 15 is 0 Å². The lowest BCUT2D eigenvalue weighted by atomic mass is 9.84. The first-order chi connectivity index (χ1) is 17.5. The highest BCUT2D eigenvalue weighted by Gasteiger charge is 2.51. The lowest BCUT2D eigenvalue weighted by Crippen LogP contribution is -2.60. The molecule has 1 aromatic rings. The van der Waals surface area contributed by atoms with Gasteiger partial charge in [-0.05, 0) is 51.6 Å². The molecule has 0 aliphatic carbocycles. The number of thioether (sulfide) groups is 1. The van der Waals surface area contributed by atoms with Gasteiger partial charge in [0.15, 0.2) is 0 Å². The molecule has 2 rings (SSSR count). The first-order valence-corrected chi connectivity index (χ1v) is 14.3. The second-order valence-corrected chi connectivity index (χ2v) is 13.8. The van der Waals surface area contributed by atoms with Crippen molar-refractivity contribution in [1.29, 1.82) is 0 Å². The molecule has 4 atom stereocenters. The second kappa shape index (κ2) is 12.7. The summed E-state index contributed by atoms with van der Waals surface area (Å²) in [4.78, 5) is 43.8. The third kappa shape index (κ3) is 7.41. The number of hydrogen-bond donors (Lipinski definition) is 1. The summed E-state index contributed by atoms with van der Waals surface area (Å²) in [5.74, 6) is -0.697. The fourth-order valence-corrected chi connectivity index (χ4v) is 6.58. The van der Waals surface area contributed by atoms with Gasteiger partial charge in [-0.1, -0.05) is 71.0 Å². The van der Waals surface area contributed by atoms with Gasteiger partial charge in [0, 0.05) is 17.4 Å². The zero-order valence-corrected chi connectivity index (χ0v) is 25.8. The van der Waals surface area contributed by atoms with Crippen LogP contribution in [0.4, 0.5) is 0 Å². The van der Waals surface area contributed by atoms with E-state index in [1.165, 1.54) is 0 Å². The van der Waals surface area contributed by atoms with Crippen molar-refractivity contribution in [1.82, 2.24) is 15.1 Å². The summed E-state index contributed by atoms with van der Waals surface area (Å²) in [6.07, 6.45) is 1.79. The summed E-state index contributed by atoms with van der Waals surface area (Å²) >= 11 is 1.76. The number of likely N-dealkylation sites (N-methyl/N-ethyl adjacent to an activating group) is 2. The van der Waals surface area contributed by atoms with E-state index in [9.17, 15) is 14.4 Å².